The van der Waals surface area contributed by atoms with E-state index in [-0.39, 0.29) is 24.4 Å². The van der Waals surface area contributed by atoms with Crippen molar-refractivity contribution in [1.82, 2.24) is 4.57 Å². The molecule has 2 aromatic rings. The fourth-order valence-electron chi connectivity index (χ4n) is 1.89. The van der Waals surface area contributed by atoms with Crippen LogP contribution in [0.5, 0.6) is 5.75 Å². The largest absolute Gasteiger partial charge is 0.483 e. The molecule has 0 atom stereocenters. The smallest absolute Gasteiger partial charge is 0.223 e. The van der Waals surface area contributed by atoms with Gasteiger partial charge in [0.05, 0.1) is 19.4 Å². The average Bonchev–Trinajstić information content (AvgIpc) is 2.48. The summed E-state index contributed by atoms with van der Waals surface area (Å²) in [6.45, 7) is 0.272. The molecule has 0 aliphatic carbocycles. The number of aromatic nitrogens is 1. The number of aliphatic hydroxyl groups is 2. The van der Waals surface area contributed by atoms with Crippen LogP contribution in [0.2, 0.25) is 0 Å². The maximum absolute atomic E-state index is 11.9. The monoisotopic (exact) mass is 275 g/mol. The highest BCUT2D eigenvalue weighted by molar-refractivity contribution is 5.23. The average molecular weight is 275 g/mol. The van der Waals surface area contributed by atoms with Crippen molar-refractivity contribution in [3.63, 3.8) is 0 Å². The minimum atomic E-state index is -0.279. The third-order valence-electron chi connectivity index (χ3n) is 2.92. The van der Waals surface area contributed by atoms with E-state index < -0.39 is 0 Å². The third kappa shape index (κ3) is 3.46. The Hall–Kier alpha value is -2.11. The second-order valence-corrected chi connectivity index (χ2v) is 4.34. The fourth-order valence-corrected chi connectivity index (χ4v) is 1.89. The van der Waals surface area contributed by atoms with E-state index in [0.29, 0.717) is 18.8 Å². The molecule has 0 aliphatic rings. The van der Waals surface area contributed by atoms with E-state index in [9.17, 15) is 9.90 Å². The summed E-state index contributed by atoms with van der Waals surface area (Å²) in [6.07, 6.45) is 1.52. The van der Waals surface area contributed by atoms with Gasteiger partial charge in [0, 0.05) is 18.3 Å². The lowest BCUT2D eigenvalue weighted by Gasteiger charge is -2.13. The standard InChI is InChI=1S/C15H17NO4/c17-7-6-16-9-15(14(19)8-13(16)10-18)20-11-12-4-2-1-3-5-12/h1-5,8-9,17-18H,6-7,10-11H2. The molecular formula is C15H17NO4. The Morgan fingerprint density at radius 3 is 2.55 bits per heavy atom. The van der Waals surface area contributed by atoms with Crippen molar-refractivity contribution in [3.05, 3.63) is 64.1 Å². The van der Waals surface area contributed by atoms with Crippen LogP contribution < -0.4 is 10.2 Å². The number of nitrogens with zero attached hydrogens (tertiary/aromatic N) is 1. The number of hydrogen-bond donors (Lipinski definition) is 2. The van der Waals surface area contributed by atoms with Gasteiger partial charge >= 0.3 is 0 Å². The summed E-state index contributed by atoms with van der Waals surface area (Å²) < 4.78 is 7.13. The van der Waals surface area contributed by atoms with Crippen LogP contribution >= 0.6 is 0 Å². The SMILES string of the molecule is O=c1cc(CO)n(CCO)cc1OCc1ccccc1. The molecule has 0 saturated heterocycles. The van der Waals surface area contributed by atoms with Gasteiger partial charge in [0.2, 0.25) is 5.43 Å². The van der Waals surface area contributed by atoms with Crippen molar-refractivity contribution >= 4 is 0 Å². The molecule has 5 heteroatoms. The van der Waals surface area contributed by atoms with Crippen molar-refractivity contribution in [2.75, 3.05) is 6.61 Å². The van der Waals surface area contributed by atoms with Crippen molar-refractivity contribution in [1.29, 1.82) is 0 Å². The van der Waals surface area contributed by atoms with Gasteiger partial charge in [0.15, 0.2) is 5.75 Å². The lowest BCUT2D eigenvalue weighted by atomic mass is 10.2. The van der Waals surface area contributed by atoms with Crippen LogP contribution in [0, 0.1) is 0 Å². The molecule has 0 aliphatic heterocycles. The number of ether oxygens (including phenoxy) is 1. The van der Waals surface area contributed by atoms with Crippen LogP contribution in [0.25, 0.3) is 0 Å². The molecule has 0 radical (unpaired) electrons. The summed E-state index contributed by atoms with van der Waals surface area (Å²) in [5, 5.41) is 18.2. The Morgan fingerprint density at radius 1 is 1.15 bits per heavy atom. The van der Waals surface area contributed by atoms with Gasteiger partial charge in [-0.2, -0.15) is 0 Å². The fraction of sp³-hybridized carbons (Fsp3) is 0.267. The van der Waals surface area contributed by atoms with Gasteiger partial charge in [-0.25, -0.2) is 0 Å². The Kier molecular flexibility index (Phi) is 4.92. The summed E-state index contributed by atoms with van der Waals surface area (Å²) in [4.78, 5) is 11.9. The molecule has 5 nitrogen and oxygen atoms in total. The molecule has 0 saturated carbocycles. The second-order valence-electron chi connectivity index (χ2n) is 4.34. The van der Waals surface area contributed by atoms with E-state index in [1.54, 1.807) is 4.57 Å². The lowest BCUT2D eigenvalue weighted by Crippen LogP contribution is -2.16. The van der Waals surface area contributed by atoms with Gasteiger partial charge < -0.3 is 19.5 Å². The molecule has 0 spiro atoms. The molecular weight excluding hydrogens is 258 g/mol. The van der Waals surface area contributed by atoms with Crippen LogP contribution in [-0.2, 0) is 19.8 Å². The molecule has 1 aromatic carbocycles. The van der Waals surface area contributed by atoms with Crippen molar-refractivity contribution in [3.8, 4) is 5.75 Å². The summed E-state index contributed by atoms with van der Waals surface area (Å²) in [6, 6.07) is 10.9. The molecule has 1 heterocycles. The maximum atomic E-state index is 11.9. The second kappa shape index (κ2) is 6.88. The lowest BCUT2D eigenvalue weighted by molar-refractivity contribution is 0.245. The van der Waals surface area contributed by atoms with Crippen LogP contribution in [0.4, 0.5) is 0 Å². The van der Waals surface area contributed by atoms with Gasteiger partial charge in [0.25, 0.3) is 0 Å². The Morgan fingerprint density at radius 2 is 1.90 bits per heavy atom. The molecule has 106 valence electrons. The van der Waals surface area contributed by atoms with Crippen LogP contribution in [0.1, 0.15) is 11.3 Å². The topological polar surface area (TPSA) is 71.7 Å². The first-order valence-electron chi connectivity index (χ1n) is 6.36. The summed E-state index contributed by atoms with van der Waals surface area (Å²) in [5.41, 5.74) is 1.14. The molecule has 20 heavy (non-hydrogen) atoms. The van der Waals surface area contributed by atoms with Crippen molar-refractivity contribution in [2.24, 2.45) is 0 Å². The minimum Gasteiger partial charge on any atom is -0.483 e. The number of hydrogen-bond acceptors (Lipinski definition) is 4. The van der Waals surface area contributed by atoms with E-state index in [2.05, 4.69) is 0 Å². The number of rotatable bonds is 6. The third-order valence-corrected chi connectivity index (χ3v) is 2.92. The molecule has 0 unspecified atom stereocenters. The van der Waals surface area contributed by atoms with E-state index >= 15 is 0 Å². The minimum absolute atomic E-state index is 0.0754. The molecule has 0 amide bonds. The Labute approximate surface area is 116 Å². The number of pyridine rings is 1. The van der Waals surface area contributed by atoms with Crippen LogP contribution in [0.3, 0.4) is 0 Å². The van der Waals surface area contributed by atoms with Crippen molar-refractivity contribution in [2.45, 2.75) is 19.8 Å². The predicted molar refractivity (Wildman–Crippen MR) is 74.5 cm³/mol. The van der Waals surface area contributed by atoms with Gasteiger partial charge in [-0.1, -0.05) is 30.3 Å². The molecule has 2 N–H and O–H groups in total. The highest BCUT2D eigenvalue weighted by atomic mass is 16.5. The van der Waals surface area contributed by atoms with Crippen molar-refractivity contribution < 1.29 is 14.9 Å². The van der Waals surface area contributed by atoms with Gasteiger partial charge in [-0.3, -0.25) is 4.79 Å². The molecule has 0 bridgehead atoms. The Balaban J connectivity index is 2.19. The van der Waals surface area contributed by atoms with Crippen LogP contribution in [-0.4, -0.2) is 21.4 Å². The highest BCUT2D eigenvalue weighted by Gasteiger charge is 2.07. The molecule has 2 rings (SSSR count). The molecule has 1 aromatic heterocycles. The van der Waals surface area contributed by atoms with E-state index in [1.165, 1.54) is 12.3 Å². The first kappa shape index (κ1) is 14.3. The maximum Gasteiger partial charge on any atom is 0.223 e. The highest BCUT2D eigenvalue weighted by Crippen LogP contribution is 2.10. The summed E-state index contributed by atoms with van der Waals surface area (Å²) >= 11 is 0. The van der Waals surface area contributed by atoms with Gasteiger partial charge in [0.1, 0.15) is 6.61 Å². The Bertz CT molecular complexity index is 607. The first-order chi connectivity index (χ1) is 9.74. The van der Waals surface area contributed by atoms with Gasteiger partial charge in [-0.15, -0.1) is 0 Å². The normalized spacial score (nSPS) is 10.5. The summed E-state index contributed by atoms with van der Waals surface area (Å²) in [5.74, 6) is 0.208. The van der Waals surface area contributed by atoms with Gasteiger partial charge in [-0.05, 0) is 5.56 Å². The quantitative estimate of drug-likeness (QED) is 0.822. The number of benzene rings is 1. The zero-order valence-electron chi connectivity index (χ0n) is 11.0. The predicted octanol–water partition coefficient (Wildman–Crippen LogP) is 0.912. The van der Waals surface area contributed by atoms with E-state index in [0.717, 1.165) is 5.56 Å². The summed E-state index contributed by atoms with van der Waals surface area (Å²) in [7, 11) is 0. The zero-order valence-corrected chi connectivity index (χ0v) is 11.0. The zero-order chi connectivity index (χ0) is 14.4. The van der Waals surface area contributed by atoms with Crippen LogP contribution in [0.15, 0.2) is 47.4 Å². The van der Waals surface area contributed by atoms with E-state index in [4.69, 9.17) is 9.84 Å². The van der Waals surface area contributed by atoms with E-state index in [1.807, 2.05) is 30.3 Å². The number of aliphatic hydroxyl groups excluding tert-OH is 2. The molecule has 0 fully saturated rings. The first-order valence-corrected chi connectivity index (χ1v) is 6.36.